The van der Waals surface area contributed by atoms with Gasteiger partial charge < -0.3 is 20.4 Å². The van der Waals surface area contributed by atoms with Crippen LogP contribution in [-0.4, -0.2) is 52.3 Å². The molecule has 1 aliphatic heterocycles. The monoisotopic (exact) mass is 258 g/mol. The smallest absolute Gasteiger partial charge is 0.326 e. The van der Waals surface area contributed by atoms with Gasteiger partial charge in [-0.2, -0.15) is 0 Å². The van der Waals surface area contributed by atoms with Crippen LogP contribution in [0.1, 0.15) is 39.0 Å². The number of aliphatic hydroxyl groups is 1. The van der Waals surface area contributed by atoms with Crippen LogP contribution < -0.4 is 5.32 Å². The Morgan fingerprint density at radius 3 is 2.72 bits per heavy atom. The van der Waals surface area contributed by atoms with Gasteiger partial charge >= 0.3 is 12.0 Å². The molecule has 104 valence electrons. The number of hydrogen-bond acceptors (Lipinski definition) is 3. The van der Waals surface area contributed by atoms with Crippen molar-refractivity contribution in [2.45, 2.75) is 51.1 Å². The van der Waals surface area contributed by atoms with Crippen molar-refractivity contribution in [2.75, 3.05) is 13.2 Å². The third-order valence-corrected chi connectivity index (χ3v) is 3.33. The van der Waals surface area contributed by atoms with Crippen LogP contribution in [0.25, 0.3) is 0 Å². The summed E-state index contributed by atoms with van der Waals surface area (Å²) in [7, 11) is 0. The number of amides is 2. The molecule has 18 heavy (non-hydrogen) atoms. The normalized spacial score (nSPS) is 22.1. The zero-order chi connectivity index (χ0) is 13.5. The van der Waals surface area contributed by atoms with Gasteiger partial charge in [-0.3, -0.25) is 0 Å². The number of urea groups is 1. The summed E-state index contributed by atoms with van der Waals surface area (Å²) in [5.41, 5.74) is 0. The van der Waals surface area contributed by atoms with Gasteiger partial charge in [0.2, 0.25) is 0 Å². The first kappa shape index (κ1) is 14.8. The van der Waals surface area contributed by atoms with Crippen LogP contribution in [0.5, 0.6) is 0 Å². The quantitative estimate of drug-likeness (QED) is 0.695. The lowest BCUT2D eigenvalue weighted by Gasteiger charge is -2.28. The molecule has 6 nitrogen and oxygen atoms in total. The highest BCUT2D eigenvalue weighted by atomic mass is 16.4. The molecule has 2 atom stereocenters. The summed E-state index contributed by atoms with van der Waals surface area (Å²) >= 11 is 0. The fourth-order valence-electron chi connectivity index (χ4n) is 2.20. The minimum Gasteiger partial charge on any atom is -0.480 e. The summed E-state index contributed by atoms with van der Waals surface area (Å²) in [6.07, 6.45) is 4.14. The number of carbonyl (C=O) groups excluding carboxylic acids is 1. The van der Waals surface area contributed by atoms with Crippen LogP contribution in [0.2, 0.25) is 0 Å². The van der Waals surface area contributed by atoms with Crippen molar-refractivity contribution in [3.63, 3.8) is 0 Å². The van der Waals surface area contributed by atoms with E-state index in [1.165, 1.54) is 0 Å². The van der Waals surface area contributed by atoms with Crippen molar-refractivity contribution in [1.29, 1.82) is 0 Å². The van der Waals surface area contributed by atoms with Crippen molar-refractivity contribution in [1.82, 2.24) is 10.2 Å². The number of carbonyl (C=O) groups is 2. The highest BCUT2D eigenvalue weighted by Gasteiger charge is 2.26. The Balaban J connectivity index is 2.58. The predicted octanol–water partition coefficient (Wildman–Crippen LogP) is 0.796. The number of likely N-dealkylation sites (tertiary alicyclic amines) is 1. The second-order valence-corrected chi connectivity index (χ2v) is 4.74. The molecule has 2 amide bonds. The van der Waals surface area contributed by atoms with Crippen LogP contribution in [0.15, 0.2) is 0 Å². The number of carboxylic acids is 1. The van der Waals surface area contributed by atoms with Gasteiger partial charge in [-0.1, -0.05) is 12.8 Å². The summed E-state index contributed by atoms with van der Waals surface area (Å²) in [4.78, 5) is 24.6. The van der Waals surface area contributed by atoms with Gasteiger partial charge in [0.05, 0.1) is 0 Å². The first-order valence-corrected chi connectivity index (χ1v) is 6.47. The van der Waals surface area contributed by atoms with E-state index in [1.807, 2.05) is 6.92 Å². The van der Waals surface area contributed by atoms with E-state index in [0.29, 0.717) is 6.54 Å². The van der Waals surface area contributed by atoms with Crippen molar-refractivity contribution in [3.05, 3.63) is 0 Å². The fraction of sp³-hybridized carbons (Fsp3) is 0.833. The van der Waals surface area contributed by atoms with E-state index in [9.17, 15) is 9.59 Å². The zero-order valence-corrected chi connectivity index (χ0v) is 10.8. The number of aliphatic carboxylic acids is 1. The second-order valence-electron chi connectivity index (χ2n) is 4.74. The molecular weight excluding hydrogens is 236 g/mol. The van der Waals surface area contributed by atoms with E-state index in [-0.39, 0.29) is 25.1 Å². The molecular formula is C12H22N2O4. The van der Waals surface area contributed by atoms with E-state index in [2.05, 4.69) is 5.32 Å². The van der Waals surface area contributed by atoms with Gasteiger partial charge in [0.1, 0.15) is 6.04 Å². The Bertz CT molecular complexity index is 296. The number of nitrogens with one attached hydrogen (secondary N) is 1. The highest BCUT2D eigenvalue weighted by molar-refractivity contribution is 5.82. The van der Waals surface area contributed by atoms with Gasteiger partial charge in [0.25, 0.3) is 0 Å². The molecule has 1 aliphatic rings. The largest absolute Gasteiger partial charge is 0.480 e. The number of rotatable bonds is 4. The maximum absolute atomic E-state index is 12.0. The molecule has 0 aromatic rings. The molecule has 0 aromatic heterocycles. The molecule has 1 heterocycles. The Labute approximate surface area is 107 Å². The molecule has 0 aliphatic carbocycles. The van der Waals surface area contributed by atoms with E-state index >= 15 is 0 Å². The summed E-state index contributed by atoms with van der Waals surface area (Å²) in [6, 6.07) is -1.22. The SMILES string of the molecule is CC1CCCCCN1C(=O)NC(CCO)C(=O)O. The van der Waals surface area contributed by atoms with E-state index in [4.69, 9.17) is 10.2 Å². The predicted molar refractivity (Wildman–Crippen MR) is 66.3 cm³/mol. The summed E-state index contributed by atoms with van der Waals surface area (Å²) < 4.78 is 0. The molecule has 0 bridgehead atoms. The maximum atomic E-state index is 12.0. The molecule has 1 fully saturated rings. The molecule has 6 heteroatoms. The summed E-state index contributed by atoms with van der Waals surface area (Å²) in [6.45, 7) is 2.39. The number of hydrogen-bond donors (Lipinski definition) is 3. The van der Waals surface area contributed by atoms with Crippen LogP contribution in [-0.2, 0) is 4.79 Å². The first-order chi connectivity index (χ1) is 8.56. The average Bonchev–Trinajstić information content (AvgIpc) is 2.53. The van der Waals surface area contributed by atoms with Crippen LogP contribution in [0, 0.1) is 0 Å². The lowest BCUT2D eigenvalue weighted by molar-refractivity contribution is -0.139. The Hall–Kier alpha value is -1.30. The Morgan fingerprint density at radius 1 is 1.39 bits per heavy atom. The van der Waals surface area contributed by atoms with Crippen molar-refractivity contribution in [2.24, 2.45) is 0 Å². The van der Waals surface area contributed by atoms with Gasteiger partial charge in [-0.15, -0.1) is 0 Å². The third kappa shape index (κ3) is 4.18. The molecule has 1 saturated heterocycles. The van der Waals surface area contributed by atoms with Gasteiger partial charge in [-0.05, 0) is 19.8 Å². The zero-order valence-electron chi connectivity index (χ0n) is 10.8. The summed E-state index contributed by atoms with van der Waals surface area (Å²) in [5, 5.41) is 20.2. The molecule has 0 radical (unpaired) electrons. The number of carboxylic acid groups (broad SMARTS) is 1. The molecule has 0 saturated carbocycles. The van der Waals surface area contributed by atoms with Crippen LogP contribution in [0.3, 0.4) is 0 Å². The molecule has 1 rings (SSSR count). The van der Waals surface area contributed by atoms with Crippen LogP contribution in [0.4, 0.5) is 4.79 Å². The van der Waals surface area contributed by atoms with Crippen molar-refractivity contribution >= 4 is 12.0 Å². The second kappa shape index (κ2) is 7.20. The van der Waals surface area contributed by atoms with E-state index in [1.54, 1.807) is 4.90 Å². The Morgan fingerprint density at radius 2 is 2.11 bits per heavy atom. The topological polar surface area (TPSA) is 89.9 Å². The standard InChI is InChI=1S/C12H22N2O4/c1-9-5-3-2-4-7-14(9)12(18)13-10(6-8-15)11(16)17/h9-10,15H,2-8H2,1H3,(H,13,18)(H,16,17). The fourth-order valence-corrected chi connectivity index (χ4v) is 2.20. The lowest BCUT2D eigenvalue weighted by atomic mass is 10.1. The van der Waals surface area contributed by atoms with Gasteiger partial charge in [-0.25, -0.2) is 9.59 Å². The van der Waals surface area contributed by atoms with Crippen molar-refractivity contribution < 1.29 is 19.8 Å². The minimum absolute atomic E-state index is 0.0310. The summed E-state index contributed by atoms with van der Waals surface area (Å²) in [5.74, 6) is -1.11. The Kier molecular flexibility index (Phi) is 5.91. The third-order valence-electron chi connectivity index (χ3n) is 3.33. The highest BCUT2D eigenvalue weighted by Crippen LogP contribution is 2.16. The van der Waals surface area contributed by atoms with Gasteiger partial charge in [0.15, 0.2) is 0 Å². The minimum atomic E-state index is -1.11. The van der Waals surface area contributed by atoms with Crippen LogP contribution >= 0.6 is 0 Å². The first-order valence-electron chi connectivity index (χ1n) is 6.47. The van der Waals surface area contributed by atoms with Gasteiger partial charge in [0, 0.05) is 25.6 Å². The number of nitrogens with zero attached hydrogens (tertiary/aromatic N) is 1. The number of aliphatic hydroxyl groups excluding tert-OH is 1. The molecule has 0 aromatic carbocycles. The lowest BCUT2D eigenvalue weighted by Crippen LogP contribution is -2.50. The molecule has 0 spiro atoms. The van der Waals surface area contributed by atoms with E-state index < -0.39 is 12.0 Å². The van der Waals surface area contributed by atoms with E-state index in [0.717, 1.165) is 25.7 Å². The maximum Gasteiger partial charge on any atom is 0.326 e. The average molecular weight is 258 g/mol. The van der Waals surface area contributed by atoms with Crippen molar-refractivity contribution in [3.8, 4) is 0 Å². The molecule has 2 unspecified atom stereocenters. The molecule has 3 N–H and O–H groups in total.